The van der Waals surface area contributed by atoms with Crippen LogP contribution in [0.2, 0.25) is 5.02 Å². The van der Waals surface area contributed by atoms with Crippen LogP contribution in [-0.4, -0.2) is 44.0 Å². The fourth-order valence-corrected chi connectivity index (χ4v) is 4.11. The highest BCUT2D eigenvalue weighted by Gasteiger charge is 2.38. The number of rotatable bonds is 11. The molecule has 0 unspecified atom stereocenters. The van der Waals surface area contributed by atoms with E-state index >= 15 is 0 Å². The monoisotopic (exact) mass is 521 g/mol. The highest BCUT2D eigenvalue weighted by Crippen LogP contribution is 2.32. The molecule has 0 fully saturated rings. The van der Waals surface area contributed by atoms with Crippen molar-refractivity contribution in [3.8, 4) is 11.1 Å². The second kappa shape index (κ2) is 13.1. The molecule has 198 valence electrons. The number of hydrogen-bond acceptors (Lipinski definition) is 5. The van der Waals surface area contributed by atoms with Gasteiger partial charge < -0.3 is 19.5 Å². The molecule has 0 saturated heterocycles. The van der Waals surface area contributed by atoms with Crippen LogP contribution < -0.4 is 5.32 Å². The third kappa shape index (κ3) is 9.10. The van der Waals surface area contributed by atoms with Gasteiger partial charge in [0.2, 0.25) is 0 Å². The largest absolute Gasteiger partial charge is 0.466 e. The van der Waals surface area contributed by atoms with Crippen molar-refractivity contribution in [3.63, 3.8) is 0 Å². The zero-order valence-electron chi connectivity index (χ0n) is 22.0. The lowest BCUT2D eigenvalue weighted by atomic mass is 9.79. The summed E-state index contributed by atoms with van der Waals surface area (Å²) in [6.07, 6.45) is 0.614. The molecule has 1 N–H and O–H groups in total. The standard InChI is InChI=1S/C28H37ClFNO5/c1-7-35-25(32)28(5,14-15-34-6)18-22(31-26(33)36-27(2,3)4)16-19-8-10-20(11-9-19)23-17-21(29)12-13-24(23)30/h8-13,17,22H,7,14-16,18H2,1-6H3,(H,31,33)/t22-,28-/m1/s1. The maximum absolute atomic E-state index is 14.3. The first-order valence-electron chi connectivity index (χ1n) is 12.1. The molecule has 2 aromatic rings. The maximum Gasteiger partial charge on any atom is 0.407 e. The van der Waals surface area contributed by atoms with E-state index in [2.05, 4.69) is 5.32 Å². The summed E-state index contributed by atoms with van der Waals surface area (Å²) in [5, 5.41) is 3.38. The second-order valence-electron chi connectivity index (χ2n) is 10.1. The van der Waals surface area contributed by atoms with Crippen LogP contribution in [0.1, 0.15) is 53.0 Å². The quantitative estimate of drug-likeness (QED) is 0.338. The summed E-state index contributed by atoms with van der Waals surface area (Å²) in [6.45, 7) is 9.57. The van der Waals surface area contributed by atoms with Gasteiger partial charge >= 0.3 is 12.1 Å². The van der Waals surface area contributed by atoms with Crippen LogP contribution in [0.15, 0.2) is 42.5 Å². The van der Waals surface area contributed by atoms with E-state index < -0.39 is 23.2 Å². The van der Waals surface area contributed by atoms with Crippen LogP contribution in [0.3, 0.4) is 0 Å². The first-order valence-corrected chi connectivity index (χ1v) is 12.4. The van der Waals surface area contributed by atoms with E-state index in [1.165, 1.54) is 12.1 Å². The number of esters is 1. The fourth-order valence-electron chi connectivity index (χ4n) is 3.94. The highest BCUT2D eigenvalue weighted by atomic mass is 35.5. The Morgan fingerprint density at radius 3 is 2.33 bits per heavy atom. The predicted octanol–water partition coefficient (Wildman–Crippen LogP) is 6.58. The van der Waals surface area contributed by atoms with Gasteiger partial charge in [0.15, 0.2) is 0 Å². The molecule has 1 amide bonds. The number of hydrogen-bond donors (Lipinski definition) is 1. The lowest BCUT2D eigenvalue weighted by Gasteiger charge is -2.32. The van der Waals surface area contributed by atoms with Gasteiger partial charge in [-0.15, -0.1) is 0 Å². The summed E-state index contributed by atoms with van der Waals surface area (Å²) in [4.78, 5) is 25.5. The molecule has 36 heavy (non-hydrogen) atoms. The minimum atomic E-state index is -0.879. The molecule has 0 aliphatic carbocycles. The van der Waals surface area contributed by atoms with Gasteiger partial charge in [0.05, 0.1) is 12.0 Å². The van der Waals surface area contributed by atoms with Crippen molar-refractivity contribution < 1.29 is 28.2 Å². The van der Waals surface area contributed by atoms with Gasteiger partial charge in [-0.1, -0.05) is 35.9 Å². The van der Waals surface area contributed by atoms with Gasteiger partial charge in [-0.05, 0) is 83.2 Å². The molecule has 0 aromatic heterocycles. The summed E-state index contributed by atoms with van der Waals surface area (Å²) in [6, 6.07) is 11.4. The number of alkyl carbamates (subject to hydrolysis) is 1. The van der Waals surface area contributed by atoms with Crippen molar-refractivity contribution >= 4 is 23.7 Å². The Hall–Kier alpha value is -2.64. The molecule has 0 aliphatic rings. The van der Waals surface area contributed by atoms with Crippen molar-refractivity contribution in [2.24, 2.45) is 5.41 Å². The third-order valence-electron chi connectivity index (χ3n) is 5.72. The van der Waals surface area contributed by atoms with Crippen LogP contribution in [0.5, 0.6) is 0 Å². The van der Waals surface area contributed by atoms with Crippen molar-refractivity contribution in [1.82, 2.24) is 5.32 Å². The average molecular weight is 522 g/mol. The normalized spacial score (nSPS) is 14.0. The Bertz CT molecular complexity index is 1020. The Balaban J connectivity index is 2.30. The molecule has 0 spiro atoms. The summed E-state index contributed by atoms with van der Waals surface area (Å²) >= 11 is 6.04. The number of benzene rings is 2. The number of ether oxygens (including phenoxy) is 3. The number of amides is 1. The Morgan fingerprint density at radius 1 is 1.08 bits per heavy atom. The molecule has 2 rings (SSSR count). The van der Waals surface area contributed by atoms with Crippen LogP contribution in [0.25, 0.3) is 11.1 Å². The minimum Gasteiger partial charge on any atom is -0.466 e. The molecule has 0 radical (unpaired) electrons. The molecule has 2 atom stereocenters. The molecule has 0 aliphatic heterocycles. The molecule has 6 nitrogen and oxygen atoms in total. The van der Waals surface area contributed by atoms with Crippen LogP contribution in [-0.2, 0) is 25.4 Å². The molecule has 0 heterocycles. The first-order chi connectivity index (χ1) is 16.9. The molecular weight excluding hydrogens is 485 g/mol. The molecular formula is C28H37ClFNO5. The minimum absolute atomic E-state index is 0.257. The summed E-state index contributed by atoms with van der Waals surface area (Å²) in [5.41, 5.74) is 0.451. The number of carbonyl (C=O) groups excluding carboxylic acids is 2. The number of carbonyl (C=O) groups is 2. The van der Waals surface area contributed by atoms with Gasteiger partial charge in [-0.3, -0.25) is 4.79 Å². The lowest BCUT2D eigenvalue weighted by molar-refractivity contribution is -0.156. The van der Waals surface area contributed by atoms with E-state index in [1.54, 1.807) is 40.9 Å². The van der Waals surface area contributed by atoms with Gasteiger partial charge in [-0.25, -0.2) is 9.18 Å². The van der Waals surface area contributed by atoms with E-state index in [0.717, 1.165) is 5.56 Å². The topological polar surface area (TPSA) is 73.9 Å². The van der Waals surface area contributed by atoms with Crippen LogP contribution in [0, 0.1) is 11.2 Å². The van der Waals surface area contributed by atoms with E-state index in [-0.39, 0.29) is 18.4 Å². The van der Waals surface area contributed by atoms with Crippen molar-refractivity contribution in [1.29, 1.82) is 0 Å². The zero-order valence-corrected chi connectivity index (χ0v) is 22.7. The van der Waals surface area contributed by atoms with E-state index in [0.29, 0.717) is 42.0 Å². The first kappa shape index (κ1) is 29.6. The Morgan fingerprint density at radius 2 is 1.75 bits per heavy atom. The number of nitrogens with one attached hydrogen (secondary N) is 1. The highest BCUT2D eigenvalue weighted by molar-refractivity contribution is 6.30. The predicted molar refractivity (Wildman–Crippen MR) is 140 cm³/mol. The molecule has 0 bridgehead atoms. The van der Waals surface area contributed by atoms with Gasteiger partial charge in [0.25, 0.3) is 0 Å². The average Bonchev–Trinajstić information content (AvgIpc) is 2.78. The van der Waals surface area contributed by atoms with Crippen LogP contribution >= 0.6 is 11.6 Å². The zero-order chi connectivity index (χ0) is 26.9. The number of halogens is 2. The van der Waals surface area contributed by atoms with Crippen molar-refractivity contribution in [2.45, 2.75) is 65.5 Å². The van der Waals surface area contributed by atoms with E-state index in [9.17, 15) is 14.0 Å². The Kier molecular flexibility index (Phi) is 10.7. The van der Waals surface area contributed by atoms with Gasteiger partial charge in [0.1, 0.15) is 11.4 Å². The van der Waals surface area contributed by atoms with E-state index in [1.807, 2.05) is 31.2 Å². The second-order valence-corrected chi connectivity index (χ2v) is 10.5. The smallest absolute Gasteiger partial charge is 0.407 e. The molecule has 2 aromatic carbocycles. The lowest BCUT2D eigenvalue weighted by Crippen LogP contribution is -2.45. The molecule has 0 saturated carbocycles. The van der Waals surface area contributed by atoms with Gasteiger partial charge in [-0.2, -0.15) is 0 Å². The summed E-state index contributed by atoms with van der Waals surface area (Å²) < 4.78 is 30.3. The van der Waals surface area contributed by atoms with Crippen molar-refractivity contribution in [2.75, 3.05) is 20.3 Å². The number of methoxy groups -OCH3 is 1. The molecule has 8 heteroatoms. The fraction of sp³-hybridized carbons (Fsp3) is 0.500. The third-order valence-corrected chi connectivity index (χ3v) is 5.95. The summed E-state index contributed by atoms with van der Waals surface area (Å²) in [7, 11) is 1.58. The van der Waals surface area contributed by atoms with E-state index in [4.69, 9.17) is 25.8 Å². The van der Waals surface area contributed by atoms with Crippen molar-refractivity contribution in [3.05, 3.63) is 58.9 Å². The Labute approximate surface area is 218 Å². The van der Waals surface area contributed by atoms with Crippen LogP contribution in [0.4, 0.5) is 9.18 Å². The van der Waals surface area contributed by atoms with Gasteiger partial charge in [0, 0.05) is 30.3 Å². The SMILES string of the molecule is CCOC(=O)[C@](C)(CCOC)C[C@@H](Cc1ccc(-c2cc(Cl)ccc2F)cc1)NC(=O)OC(C)(C)C. The maximum atomic E-state index is 14.3. The summed E-state index contributed by atoms with van der Waals surface area (Å²) in [5.74, 6) is -0.704.